The fraction of sp³-hybridized carbons (Fsp3) is 0.600. The Morgan fingerprint density at radius 2 is 2.21 bits per heavy atom. The van der Waals surface area contributed by atoms with E-state index in [1.54, 1.807) is 6.20 Å². The molecule has 0 unspecified atom stereocenters. The van der Waals surface area contributed by atoms with Gasteiger partial charge in [-0.25, -0.2) is 0 Å². The highest BCUT2D eigenvalue weighted by Crippen LogP contribution is 2.39. The number of aromatic nitrogens is 1. The second kappa shape index (κ2) is 5.59. The van der Waals surface area contributed by atoms with Crippen molar-refractivity contribution in [2.24, 2.45) is 5.92 Å². The summed E-state index contributed by atoms with van der Waals surface area (Å²) in [7, 11) is 0. The van der Waals surface area contributed by atoms with Crippen molar-refractivity contribution in [3.8, 4) is 0 Å². The van der Waals surface area contributed by atoms with Crippen LogP contribution in [-0.2, 0) is 0 Å². The fourth-order valence-corrected chi connectivity index (χ4v) is 2.20. The lowest BCUT2D eigenvalue weighted by atomic mass is 9.98. The van der Waals surface area contributed by atoms with Crippen LogP contribution in [0, 0.1) is 5.92 Å². The number of anilines is 1. The van der Waals surface area contributed by atoms with Gasteiger partial charge in [0.15, 0.2) is 0 Å². The van der Waals surface area contributed by atoms with E-state index in [-0.39, 0.29) is 11.4 Å². The summed E-state index contributed by atoms with van der Waals surface area (Å²) in [6, 6.07) is 3.70. The zero-order chi connectivity index (χ0) is 13.9. The fourth-order valence-electron chi connectivity index (χ4n) is 2.20. The third kappa shape index (κ3) is 3.69. The number of hydrogen-bond acceptors (Lipinski definition) is 3. The lowest BCUT2D eigenvalue weighted by Crippen LogP contribution is -2.45. The number of rotatable bonds is 6. The maximum absolute atomic E-state index is 12.2. The van der Waals surface area contributed by atoms with Gasteiger partial charge in [-0.15, -0.1) is 0 Å². The van der Waals surface area contributed by atoms with Crippen molar-refractivity contribution < 1.29 is 4.79 Å². The molecule has 0 saturated heterocycles. The summed E-state index contributed by atoms with van der Waals surface area (Å²) in [5, 5.41) is 6.36. The summed E-state index contributed by atoms with van der Waals surface area (Å²) in [4.78, 5) is 16.4. The Morgan fingerprint density at radius 1 is 1.47 bits per heavy atom. The zero-order valence-electron chi connectivity index (χ0n) is 12.0. The van der Waals surface area contributed by atoms with Crippen LogP contribution in [0.25, 0.3) is 0 Å². The van der Waals surface area contributed by atoms with Crippen LogP contribution in [0.2, 0.25) is 0 Å². The van der Waals surface area contributed by atoms with Crippen LogP contribution in [0.5, 0.6) is 0 Å². The van der Waals surface area contributed by atoms with Gasteiger partial charge in [0.05, 0.1) is 0 Å². The minimum absolute atomic E-state index is 0.0861. The SMILES string of the molecule is CCCNc1ccnc(C(=O)NC(C)(C)C2CC2)c1. The largest absolute Gasteiger partial charge is 0.385 e. The van der Waals surface area contributed by atoms with Crippen LogP contribution in [-0.4, -0.2) is 23.0 Å². The van der Waals surface area contributed by atoms with E-state index >= 15 is 0 Å². The summed E-state index contributed by atoms with van der Waals surface area (Å²) < 4.78 is 0. The number of carbonyl (C=O) groups excluding carboxylic acids is 1. The lowest BCUT2D eigenvalue weighted by Gasteiger charge is -2.25. The third-order valence-corrected chi connectivity index (χ3v) is 3.61. The van der Waals surface area contributed by atoms with Gasteiger partial charge in [-0.3, -0.25) is 9.78 Å². The van der Waals surface area contributed by atoms with Gasteiger partial charge < -0.3 is 10.6 Å². The molecular weight excluding hydrogens is 238 g/mol. The van der Waals surface area contributed by atoms with Crippen molar-refractivity contribution >= 4 is 11.6 Å². The standard InChI is InChI=1S/C15H23N3O/c1-4-8-16-12-7-9-17-13(10-12)14(19)18-15(2,3)11-5-6-11/h7,9-11H,4-6,8H2,1-3H3,(H,16,17)(H,18,19). The zero-order valence-corrected chi connectivity index (χ0v) is 12.0. The van der Waals surface area contributed by atoms with Crippen LogP contribution in [0.15, 0.2) is 18.3 Å². The highest BCUT2D eigenvalue weighted by atomic mass is 16.2. The summed E-state index contributed by atoms with van der Waals surface area (Å²) in [6.45, 7) is 7.18. The molecule has 4 nitrogen and oxygen atoms in total. The van der Waals surface area contributed by atoms with Gasteiger partial charge in [0, 0.05) is 24.0 Å². The van der Waals surface area contributed by atoms with E-state index in [4.69, 9.17) is 0 Å². The molecule has 0 radical (unpaired) electrons. The van der Waals surface area contributed by atoms with Gasteiger partial charge in [-0.1, -0.05) is 6.92 Å². The number of carbonyl (C=O) groups is 1. The van der Waals surface area contributed by atoms with E-state index in [0.29, 0.717) is 11.6 Å². The molecular formula is C15H23N3O. The summed E-state index contributed by atoms with van der Waals surface area (Å²) >= 11 is 0. The Labute approximate surface area is 115 Å². The summed E-state index contributed by atoms with van der Waals surface area (Å²) in [5.41, 5.74) is 1.30. The molecule has 1 saturated carbocycles. The van der Waals surface area contributed by atoms with Gasteiger partial charge in [0.2, 0.25) is 0 Å². The van der Waals surface area contributed by atoms with Crippen LogP contribution in [0.4, 0.5) is 5.69 Å². The molecule has 1 aliphatic carbocycles. The van der Waals surface area contributed by atoms with E-state index in [1.165, 1.54) is 12.8 Å². The van der Waals surface area contributed by atoms with E-state index < -0.39 is 0 Å². The molecule has 0 atom stereocenters. The number of nitrogens with zero attached hydrogens (tertiary/aromatic N) is 1. The molecule has 0 bridgehead atoms. The Bertz CT molecular complexity index is 452. The van der Waals surface area contributed by atoms with Crippen LogP contribution >= 0.6 is 0 Å². The first-order chi connectivity index (χ1) is 9.03. The number of nitrogens with one attached hydrogen (secondary N) is 2. The first-order valence-corrected chi connectivity index (χ1v) is 7.05. The molecule has 2 N–H and O–H groups in total. The van der Waals surface area contributed by atoms with Crippen molar-refractivity contribution in [2.45, 2.75) is 45.6 Å². The van der Waals surface area contributed by atoms with Gasteiger partial charge in [-0.2, -0.15) is 0 Å². The maximum atomic E-state index is 12.2. The normalized spacial score (nSPS) is 15.1. The molecule has 104 valence electrons. The van der Waals surface area contributed by atoms with Crippen LogP contribution in [0.3, 0.4) is 0 Å². The highest BCUT2D eigenvalue weighted by molar-refractivity contribution is 5.93. The first kappa shape index (κ1) is 13.8. The Morgan fingerprint density at radius 3 is 2.84 bits per heavy atom. The molecule has 0 spiro atoms. The second-order valence-electron chi connectivity index (χ2n) is 5.81. The Balaban J connectivity index is 2.02. The first-order valence-electron chi connectivity index (χ1n) is 7.05. The second-order valence-corrected chi connectivity index (χ2v) is 5.81. The molecule has 1 heterocycles. The lowest BCUT2D eigenvalue weighted by molar-refractivity contribution is 0.0898. The Hall–Kier alpha value is -1.58. The molecule has 1 aromatic rings. The summed E-state index contributed by atoms with van der Waals surface area (Å²) in [6.07, 6.45) is 5.15. The number of amides is 1. The van der Waals surface area contributed by atoms with Crippen molar-refractivity contribution in [2.75, 3.05) is 11.9 Å². The molecule has 1 fully saturated rings. The maximum Gasteiger partial charge on any atom is 0.270 e. The average molecular weight is 261 g/mol. The molecule has 0 aromatic carbocycles. The predicted molar refractivity (Wildman–Crippen MR) is 77.3 cm³/mol. The predicted octanol–water partition coefficient (Wildman–Crippen LogP) is 2.82. The van der Waals surface area contributed by atoms with Crippen LogP contribution < -0.4 is 10.6 Å². The van der Waals surface area contributed by atoms with Crippen molar-refractivity contribution in [1.29, 1.82) is 0 Å². The third-order valence-electron chi connectivity index (χ3n) is 3.61. The molecule has 2 rings (SSSR count). The van der Waals surface area contributed by atoms with E-state index in [0.717, 1.165) is 18.7 Å². The van der Waals surface area contributed by atoms with Crippen LogP contribution in [0.1, 0.15) is 50.5 Å². The smallest absolute Gasteiger partial charge is 0.270 e. The highest BCUT2D eigenvalue weighted by Gasteiger charge is 2.38. The molecule has 19 heavy (non-hydrogen) atoms. The molecule has 1 aromatic heterocycles. The quantitative estimate of drug-likeness (QED) is 0.828. The van der Waals surface area contributed by atoms with E-state index in [9.17, 15) is 4.79 Å². The summed E-state index contributed by atoms with van der Waals surface area (Å²) in [5.74, 6) is 0.523. The van der Waals surface area contributed by atoms with Gasteiger partial charge in [-0.05, 0) is 51.2 Å². The van der Waals surface area contributed by atoms with Gasteiger partial charge >= 0.3 is 0 Å². The average Bonchev–Trinajstić information content (AvgIpc) is 3.20. The Kier molecular flexibility index (Phi) is 4.08. The van der Waals surface area contributed by atoms with E-state index in [2.05, 4.69) is 36.4 Å². The number of hydrogen-bond donors (Lipinski definition) is 2. The molecule has 0 aliphatic heterocycles. The minimum Gasteiger partial charge on any atom is -0.385 e. The molecule has 4 heteroatoms. The van der Waals surface area contributed by atoms with Crippen molar-refractivity contribution in [1.82, 2.24) is 10.3 Å². The number of pyridine rings is 1. The molecule has 1 amide bonds. The van der Waals surface area contributed by atoms with Gasteiger partial charge in [0.1, 0.15) is 5.69 Å². The van der Waals surface area contributed by atoms with Gasteiger partial charge in [0.25, 0.3) is 5.91 Å². The topological polar surface area (TPSA) is 54.0 Å². The van der Waals surface area contributed by atoms with E-state index in [1.807, 2.05) is 12.1 Å². The van der Waals surface area contributed by atoms with Crippen molar-refractivity contribution in [3.63, 3.8) is 0 Å². The monoisotopic (exact) mass is 261 g/mol. The van der Waals surface area contributed by atoms with Crippen molar-refractivity contribution in [3.05, 3.63) is 24.0 Å². The minimum atomic E-state index is -0.133. The molecule has 1 aliphatic rings.